The lowest BCUT2D eigenvalue weighted by molar-refractivity contribution is 0.0387. The zero-order chi connectivity index (χ0) is 11.1. The van der Waals surface area contributed by atoms with Gasteiger partial charge in [0.05, 0.1) is 13.2 Å². The lowest BCUT2D eigenvalue weighted by atomic mass is 10.4. The third-order valence-corrected chi connectivity index (χ3v) is 2.14. The number of rotatable bonds is 4. The predicted octanol–water partition coefficient (Wildman–Crippen LogP) is 0.151. The molecule has 1 heterocycles. The Hall–Kier alpha value is -1.07. The molecule has 1 aliphatic rings. The number of nitrogens with zero attached hydrogens (tertiary/aromatic N) is 1. The van der Waals surface area contributed by atoms with E-state index >= 15 is 0 Å². The van der Waals surface area contributed by atoms with Gasteiger partial charge < -0.3 is 15.4 Å². The van der Waals surface area contributed by atoms with Crippen LogP contribution in [-0.4, -0.2) is 50.3 Å². The first kappa shape index (κ1) is 12.0. The van der Waals surface area contributed by atoms with E-state index in [1.54, 1.807) is 6.92 Å². The Bertz CT molecular complexity index is 225. The van der Waals surface area contributed by atoms with Crippen molar-refractivity contribution in [2.24, 2.45) is 0 Å². The molecule has 86 valence electrons. The molecule has 0 unspecified atom stereocenters. The van der Waals surface area contributed by atoms with Crippen LogP contribution in [-0.2, 0) is 4.74 Å². The van der Waals surface area contributed by atoms with E-state index in [1.807, 2.05) is 0 Å². The maximum Gasteiger partial charge on any atom is 0.318 e. The largest absolute Gasteiger partial charge is 0.379 e. The fraction of sp³-hybridized carbons (Fsp3) is 0.700. The molecule has 1 saturated heterocycles. The molecular weight excluding hydrogens is 194 g/mol. The molecule has 0 radical (unpaired) electrons. The third-order valence-electron chi connectivity index (χ3n) is 2.14. The first-order valence-electron chi connectivity index (χ1n) is 5.19. The van der Waals surface area contributed by atoms with Crippen LogP contribution in [0, 0.1) is 0 Å². The number of amides is 2. The zero-order valence-corrected chi connectivity index (χ0v) is 9.21. The molecule has 15 heavy (non-hydrogen) atoms. The molecule has 0 aromatic carbocycles. The van der Waals surface area contributed by atoms with Crippen LogP contribution in [0.2, 0.25) is 0 Å². The molecule has 1 fully saturated rings. The lowest BCUT2D eigenvalue weighted by Gasteiger charge is -2.26. The number of ether oxygens (including phenoxy) is 1. The first-order valence-corrected chi connectivity index (χ1v) is 5.19. The standard InChI is InChI=1S/C10H19N3O2/c1-9(2)12-10(14)11-3-4-13-5-7-15-8-6-13/h1,3-8H2,2H3,(H2,11,12,14). The monoisotopic (exact) mass is 213 g/mol. The molecule has 5 nitrogen and oxygen atoms in total. The molecule has 2 amide bonds. The Morgan fingerprint density at radius 2 is 2.13 bits per heavy atom. The molecule has 5 heteroatoms. The third kappa shape index (κ3) is 5.39. The summed E-state index contributed by atoms with van der Waals surface area (Å²) in [4.78, 5) is 13.4. The smallest absolute Gasteiger partial charge is 0.318 e. The number of hydrogen-bond acceptors (Lipinski definition) is 3. The summed E-state index contributed by atoms with van der Waals surface area (Å²) in [6, 6.07) is -0.184. The van der Waals surface area contributed by atoms with Gasteiger partial charge in [0.2, 0.25) is 0 Å². The van der Waals surface area contributed by atoms with E-state index in [0.29, 0.717) is 12.2 Å². The summed E-state index contributed by atoms with van der Waals surface area (Å²) < 4.78 is 5.23. The average Bonchev–Trinajstić information content (AvgIpc) is 2.18. The van der Waals surface area contributed by atoms with Gasteiger partial charge in [-0.05, 0) is 6.92 Å². The molecule has 1 rings (SSSR count). The topological polar surface area (TPSA) is 53.6 Å². The van der Waals surface area contributed by atoms with Gasteiger partial charge in [0.15, 0.2) is 0 Å². The van der Waals surface area contributed by atoms with Crippen molar-refractivity contribution in [3.8, 4) is 0 Å². The van der Waals surface area contributed by atoms with Crippen LogP contribution in [0.15, 0.2) is 12.3 Å². The Kier molecular flexibility index (Phi) is 5.14. The summed E-state index contributed by atoms with van der Waals surface area (Å²) >= 11 is 0. The second-order valence-electron chi connectivity index (χ2n) is 3.62. The summed E-state index contributed by atoms with van der Waals surface area (Å²) in [6.07, 6.45) is 0. The van der Waals surface area contributed by atoms with Crippen molar-refractivity contribution in [2.75, 3.05) is 39.4 Å². The van der Waals surface area contributed by atoms with Gasteiger partial charge in [-0.2, -0.15) is 0 Å². The van der Waals surface area contributed by atoms with Crippen molar-refractivity contribution in [3.05, 3.63) is 12.3 Å². The molecule has 0 aromatic heterocycles. The van der Waals surface area contributed by atoms with E-state index < -0.39 is 0 Å². The van der Waals surface area contributed by atoms with Gasteiger partial charge in [0.1, 0.15) is 0 Å². The zero-order valence-electron chi connectivity index (χ0n) is 9.21. The van der Waals surface area contributed by atoms with Crippen molar-refractivity contribution in [1.82, 2.24) is 15.5 Å². The fourth-order valence-electron chi connectivity index (χ4n) is 1.39. The van der Waals surface area contributed by atoms with Crippen LogP contribution in [0.5, 0.6) is 0 Å². The highest BCUT2D eigenvalue weighted by Gasteiger charge is 2.09. The lowest BCUT2D eigenvalue weighted by Crippen LogP contribution is -2.43. The van der Waals surface area contributed by atoms with Gasteiger partial charge in [0.25, 0.3) is 0 Å². The van der Waals surface area contributed by atoms with Crippen molar-refractivity contribution in [2.45, 2.75) is 6.92 Å². The minimum atomic E-state index is -0.184. The van der Waals surface area contributed by atoms with Crippen LogP contribution in [0.1, 0.15) is 6.92 Å². The average molecular weight is 213 g/mol. The molecular formula is C10H19N3O2. The van der Waals surface area contributed by atoms with Crippen LogP contribution in [0.25, 0.3) is 0 Å². The highest BCUT2D eigenvalue weighted by molar-refractivity contribution is 5.75. The molecule has 0 bridgehead atoms. The maximum absolute atomic E-state index is 11.2. The van der Waals surface area contributed by atoms with Crippen LogP contribution < -0.4 is 10.6 Å². The highest BCUT2D eigenvalue weighted by atomic mass is 16.5. The summed E-state index contributed by atoms with van der Waals surface area (Å²) in [5.74, 6) is 0. The van der Waals surface area contributed by atoms with Gasteiger partial charge >= 0.3 is 6.03 Å². The molecule has 0 saturated carbocycles. The fourth-order valence-corrected chi connectivity index (χ4v) is 1.39. The number of carbonyl (C=O) groups excluding carboxylic acids is 1. The van der Waals surface area contributed by atoms with Gasteiger partial charge in [-0.3, -0.25) is 4.90 Å². The first-order chi connectivity index (χ1) is 7.18. The summed E-state index contributed by atoms with van der Waals surface area (Å²) in [6.45, 7) is 10.3. The van der Waals surface area contributed by atoms with Gasteiger partial charge in [-0.25, -0.2) is 4.79 Å². The van der Waals surface area contributed by atoms with E-state index in [0.717, 1.165) is 32.8 Å². The Balaban J connectivity index is 2.04. The number of urea groups is 1. The molecule has 2 N–H and O–H groups in total. The van der Waals surface area contributed by atoms with Crippen LogP contribution in [0.4, 0.5) is 4.79 Å². The Labute approximate surface area is 90.5 Å². The van der Waals surface area contributed by atoms with Crippen LogP contribution in [0.3, 0.4) is 0 Å². The molecule has 1 aliphatic heterocycles. The number of morpholine rings is 1. The summed E-state index contributed by atoms with van der Waals surface area (Å²) in [5, 5.41) is 5.36. The van der Waals surface area contributed by atoms with Gasteiger partial charge in [0, 0.05) is 31.9 Å². The Morgan fingerprint density at radius 1 is 1.47 bits per heavy atom. The van der Waals surface area contributed by atoms with Crippen LogP contribution >= 0.6 is 0 Å². The summed E-state index contributed by atoms with van der Waals surface area (Å²) in [5.41, 5.74) is 0.652. The van der Waals surface area contributed by atoms with Gasteiger partial charge in [-0.15, -0.1) is 0 Å². The number of hydrogen-bond donors (Lipinski definition) is 2. The van der Waals surface area contributed by atoms with E-state index in [-0.39, 0.29) is 6.03 Å². The number of nitrogens with one attached hydrogen (secondary N) is 2. The minimum absolute atomic E-state index is 0.184. The van der Waals surface area contributed by atoms with Crippen molar-refractivity contribution in [3.63, 3.8) is 0 Å². The van der Waals surface area contributed by atoms with Crippen molar-refractivity contribution < 1.29 is 9.53 Å². The van der Waals surface area contributed by atoms with Crippen molar-refractivity contribution >= 4 is 6.03 Å². The second-order valence-corrected chi connectivity index (χ2v) is 3.62. The molecule has 0 aliphatic carbocycles. The molecule has 0 aromatic rings. The minimum Gasteiger partial charge on any atom is -0.379 e. The highest BCUT2D eigenvalue weighted by Crippen LogP contribution is 1.94. The van der Waals surface area contributed by atoms with E-state index in [9.17, 15) is 4.79 Å². The van der Waals surface area contributed by atoms with E-state index in [1.165, 1.54) is 0 Å². The molecule has 0 spiro atoms. The van der Waals surface area contributed by atoms with E-state index in [2.05, 4.69) is 22.1 Å². The van der Waals surface area contributed by atoms with E-state index in [4.69, 9.17) is 4.74 Å². The van der Waals surface area contributed by atoms with Crippen molar-refractivity contribution in [1.29, 1.82) is 0 Å². The molecule has 0 atom stereocenters. The Morgan fingerprint density at radius 3 is 2.73 bits per heavy atom. The number of allylic oxidation sites excluding steroid dienone is 1. The summed E-state index contributed by atoms with van der Waals surface area (Å²) in [7, 11) is 0. The predicted molar refractivity (Wildman–Crippen MR) is 58.6 cm³/mol. The normalized spacial score (nSPS) is 17.1. The SMILES string of the molecule is C=C(C)NC(=O)NCCN1CCOCC1. The second kappa shape index (κ2) is 6.42. The number of carbonyl (C=O) groups is 1. The maximum atomic E-state index is 11.2. The van der Waals surface area contributed by atoms with Gasteiger partial charge in [-0.1, -0.05) is 6.58 Å². The quantitative estimate of drug-likeness (QED) is 0.699.